The number of carbonyl (C=O) groups is 2. The Bertz CT molecular complexity index is 913. The predicted octanol–water partition coefficient (Wildman–Crippen LogP) is 1.89. The SMILES string of the molecule is O=C(NC1(C(=O)O)CCCC1)c1ccc(S(=O)(=O)NCc2ccco2)cc1. The summed E-state index contributed by atoms with van der Waals surface area (Å²) in [5.74, 6) is -1.11. The van der Waals surface area contributed by atoms with E-state index in [0.717, 1.165) is 12.8 Å². The highest BCUT2D eigenvalue weighted by Gasteiger charge is 2.42. The third-order valence-electron chi connectivity index (χ3n) is 4.66. The number of rotatable bonds is 7. The molecule has 144 valence electrons. The van der Waals surface area contributed by atoms with Crippen molar-refractivity contribution in [3.63, 3.8) is 0 Å². The standard InChI is InChI=1S/C18H20N2O6S/c21-16(20-18(17(22)23)9-1-2-10-18)13-5-7-15(8-6-13)27(24,25)19-12-14-4-3-11-26-14/h3-8,11,19H,1-2,9-10,12H2,(H,20,21)(H,22,23). The molecule has 1 amide bonds. The molecule has 0 saturated heterocycles. The first-order valence-electron chi connectivity index (χ1n) is 8.50. The number of hydrogen-bond donors (Lipinski definition) is 3. The van der Waals surface area contributed by atoms with E-state index >= 15 is 0 Å². The highest BCUT2D eigenvalue weighted by Crippen LogP contribution is 2.30. The highest BCUT2D eigenvalue weighted by molar-refractivity contribution is 7.89. The van der Waals surface area contributed by atoms with Gasteiger partial charge in [0.25, 0.3) is 5.91 Å². The van der Waals surface area contributed by atoms with Crippen LogP contribution in [-0.2, 0) is 21.4 Å². The summed E-state index contributed by atoms with van der Waals surface area (Å²) in [7, 11) is -3.76. The van der Waals surface area contributed by atoms with Crippen LogP contribution in [0, 0.1) is 0 Å². The molecule has 1 aliphatic carbocycles. The van der Waals surface area contributed by atoms with E-state index in [9.17, 15) is 23.1 Å². The Kier molecular flexibility index (Phi) is 5.33. The molecule has 3 N–H and O–H groups in total. The fourth-order valence-corrected chi connectivity index (χ4v) is 4.10. The van der Waals surface area contributed by atoms with Crippen LogP contribution in [0.5, 0.6) is 0 Å². The van der Waals surface area contributed by atoms with Crippen LogP contribution >= 0.6 is 0 Å². The highest BCUT2D eigenvalue weighted by atomic mass is 32.2. The normalized spacial score (nSPS) is 16.1. The van der Waals surface area contributed by atoms with Crippen molar-refractivity contribution in [2.75, 3.05) is 0 Å². The first kappa shape index (κ1) is 19.1. The van der Waals surface area contributed by atoms with E-state index in [2.05, 4.69) is 10.0 Å². The van der Waals surface area contributed by atoms with Gasteiger partial charge in [-0.25, -0.2) is 17.9 Å². The molecule has 1 heterocycles. The van der Waals surface area contributed by atoms with Crippen molar-refractivity contribution in [1.29, 1.82) is 0 Å². The number of carboxylic acid groups (broad SMARTS) is 1. The molecule has 1 fully saturated rings. The molecule has 0 aliphatic heterocycles. The van der Waals surface area contributed by atoms with Crippen molar-refractivity contribution in [2.24, 2.45) is 0 Å². The van der Waals surface area contributed by atoms with Crippen LogP contribution in [0.15, 0.2) is 52.0 Å². The number of sulfonamides is 1. The molecule has 27 heavy (non-hydrogen) atoms. The zero-order chi connectivity index (χ0) is 19.5. The molecular weight excluding hydrogens is 372 g/mol. The summed E-state index contributed by atoms with van der Waals surface area (Å²) in [6, 6.07) is 8.65. The minimum atomic E-state index is -3.76. The van der Waals surface area contributed by atoms with Crippen molar-refractivity contribution < 1.29 is 27.5 Å². The number of aliphatic carboxylic acids is 1. The van der Waals surface area contributed by atoms with Gasteiger partial charge in [-0.15, -0.1) is 0 Å². The lowest BCUT2D eigenvalue weighted by Crippen LogP contribution is -2.52. The van der Waals surface area contributed by atoms with Gasteiger partial charge in [0.15, 0.2) is 0 Å². The summed E-state index contributed by atoms with van der Waals surface area (Å²) in [4.78, 5) is 23.9. The van der Waals surface area contributed by atoms with Crippen molar-refractivity contribution in [3.05, 3.63) is 54.0 Å². The minimum Gasteiger partial charge on any atom is -0.480 e. The number of carboxylic acids is 1. The third kappa shape index (κ3) is 4.20. The van der Waals surface area contributed by atoms with Crippen LogP contribution in [0.1, 0.15) is 41.8 Å². The van der Waals surface area contributed by atoms with Gasteiger partial charge in [-0.1, -0.05) is 12.8 Å². The Labute approximate surface area is 156 Å². The van der Waals surface area contributed by atoms with Gasteiger partial charge in [-0.05, 0) is 49.2 Å². The second-order valence-electron chi connectivity index (χ2n) is 6.48. The van der Waals surface area contributed by atoms with Gasteiger partial charge in [0.1, 0.15) is 11.3 Å². The number of furan rings is 1. The molecule has 0 unspecified atom stereocenters. The first-order chi connectivity index (χ1) is 12.8. The van der Waals surface area contributed by atoms with Crippen LogP contribution in [0.3, 0.4) is 0 Å². The van der Waals surface area contributed by atoms with Crippen molar-refractivity contribution in [1.82, 2.24) is 10.0 Å². The summed E-state index contributed by atoms with van der Waals surface area (Å²) in [5.41, 5.74) is -1.04. The number of hydrogen-bond acceptors (Lipinski definition) is 5. The van der Waals surface area contributed by atoms with Crippen molar-refractivity contribution in [2.45, 2.75) is 42.7 Å². The van der Waals surface area contributed by atoms with Gasteiger partial charge in [0, 0.05) is 5.56 Å². The summed E-state index contributed by atoms with van der Waals surface area (Å²) in [6.45, 7) is 0.0126. The van der Waals surface area contributed by atoms with E-state index in [4.69, 9.17) is 4.42 Å². The van der Waals surface area contributed by atoms with E-state index in [1.165, 1.54) is 30.5 Å². The second-order valence-corrected chi connectivity index (χ2v) is 8.24. The Hall–Kier alpha value is -2.65. The van der Waals surface area contributed by atoms with Gasteiger partial charge >= 0.3 is 5.97 Å². The molecule has 0 spiro atoms. The lowest BCUT2D eigenvalue weighted by Gasteiger charge is -2.25. The van der Waals surface area contributed by atoms with Crippen LogP contribution < -0.4 is 10.0 Å². The second kappa shape index (κ2) is 7.53. The molecule has 3 rings (SSSR count). The van der Waals surface area contributed by atoms with Crippen LogP contribution in [-0.4, -0.2) is 30.9 Å². The predicted molar refractivity (Wildman–Crippen MR) is 95.5 cm³/mol. The first-order valence-corrected chi connectivity index (χ1v) is 9.99. The van der Waals surface area contributed by atoms with Gasteiger partial charge in [-0.3, -0.25) is 4.79 Å². The van der Waals surface area contributed by atoms with Crippen LogP contribution in [0.2, 0.25) is 0 Å². The van der Waals surface area contributed by atoms with E-state index in [-0.39, 0.29) is 17.0 Å². The molecule has 0 atom stereocenters. The van der Waals surface area contributed by atoms with E-state index in [1.807, 2.05) is 0 Å². The van der Waals surface area contributed by atoms with Gasteiger partial charge in [0.2, 0.25) is 10.0 Å². The number of nitrogens with one attached hydrogen (secondary N) is 2. The van der Waals surface area contributed by atoms with E-state index in [0.29, 0.717) is 18.6 Å². The summed E-state index contributed by atoms with van der Waals surface area (Å²) < 4.78 is 32.1. The van der Waals surface area contributed by atoms with E-state index < -0.39 is 27.4 Å². The lowest BCUT2D eigenvalue weighted by atomic mass is 9.97. The molecule has 9 heteroatoms. The maximum absolute atomic E-state index is 12.4. The van der Waals surface area contributed by atoms with Gasteiger partial charge in [-0.2, -0.15) is 0 Å². The lowest BCUT2D eigenvalue weighted by molar-refractivity contribution is -0.144. The third-order valence-corrected chi connectivity index (χ3v) is 6.08. The maximum Gasteiger partial charge on any atom is 0.329 e. The zero-order valence-electron chi connectivity index (χ0n) is 14.5. The summed E-state index contributed by atoms with van der Waals surface area (Å²) in [6.07, 6.45) is 3.70. The molecule has 1 aromatic carbocycles. The van der Waals surface area contributed by atoms with Gasteiger partial charge < -0.3 is 14.8 Å². The average molecular weight is 392 g/mol. The smallest absolute Gasteiger partial charge is 0.329 e. The molecule has 1 aromatic heterocycles. The topological polar surface area (TPSA) is 126 Å². The molecular formula is C18H20N2O6S. The van der Waals surface area contributed by atoms with Crippen molar-refractivity contribution >= 4 is 21.9 Å². The molecule has 2 aromatic rings. The van der Waals surface area contributed by atoms with Crippen molar-refractivity contribution in [3.8, 4) is 0 Å². The quantitative estimate of drug-likeness (QED) is 0.661. The Morgan fingerprint density at radius 1 is 1.11 bits per heavy atom. The molecule has 8 nitrogen and oxygen atoms in total. The maximum atomic E-state index is 12.4. The number of amides is 1. The molecule has 0 radical (unpaired) electrons. The zero-order valence-corrected chi connectivity index (χ0v) is 15.3. The average Bonchev–Trinajstić information content (AvgIpc) is 3.33. The Morgan fingerprint density at radius 2 is 1.78 bits per heavy atom. The van der Waals surface area contributed by atoms with E-state index in [1.54, 1.807) is 12.1 Å². The molecule has 1 saturated carbocycles. The Balaban J connectivity index is 1.69. The van der Waals surface area contributed by atoms with Crippen LogP contribution in [0.25, 0.3) is 0 Å². The summed E-state index contributed by atoms with van der Waals surface area (Å²) in [5, 5.41) is 12.0. The van der Waals surface area contributed by atoms with Gasteiger partial charge in [0.05, 0.1) is 17.7 Å². The largest absolute Gasteiger partial charge is 0.480 e. The molecule has 1 aliphatic rings. The minimum absolute atomic E-state index is 0.000537. The summed E-state index contributed by atoms with van der Waals surface area (Å²) >= 11 is 0. The fourth-order valence-electron chi connectivity index (χ4n) is 3.11. The Morgan fingerprint density at radius 3 is 2.33 bits per heavy atom. The number of carbonyl (C=O) groups excluding carboxylic acids is 1. The molecule has 0 bridgehead atoms. The number of benzene rings is 1. The van der Waals surface area contributed by atoms with Crippen LogP contribution in [0.4, 0.5) is 0 Å². The fraction of sp³-hybridized carbons (Fsp3) is 0.333. The monoisotopic (exact) mass is 392 g/mol.